The lowest BCUT2D eigenvalue weighted by molar-refractivity contribution is -0.135. The molecule has 4 atom stereocenters. The number of hydrogen-bond acceptors (Lipinski definition) is 4. The molecule has 4 nitrogen and oxygen atoms in total. The van der Waals surface area contributed by atoms with E-state index in [9.17, 15) is 10.2 Å². The summed E-state index contributed by atoms with van der Waals surface area (Å²) in [4.78, 5) is 2.38. The molecule has 0 bridgehead atoms. The van der Waals surface area contributed by atoms with Crippen LogP contribution in [0.3, 0.4) is 0 Å². The van der Waals surface area contributed by atoms with Crippen LogP contribution >= 0.6 is 0 Å². The number of phenolic OH excluding ortho intramolecular Hbond substituents is 1. The van der Waals surface area contributed by atoms with Crippen molar-refractivity contribution in [2.75, 3.05) is 13.6 Å². The molecule has 25 heavy (non-hydrogen) atoms. The van der Waals surface area contributed by atoms with Crippen LogP contribution in [0, 0.1) is 5.92 Å². The summed E-state index contributed by atoms with van der Waals surface area (Å²) < 4.78 is 6.21. The second kappa shape index (κ2) is 4.80. The summed E-state index contributed by atoms with van der Waals surface area (Å²) in [7, 11) is 2.16. The van der Waals surface area contributed by atoms with Gasteiger partial charge in [0.2, 0.25) is 0 Å². The molecule has 2 unspecified atom stereocenters. The van der Waals surface area contributed by atoms with Gasteiger partial charge in [-0.1, -0.05) is 12.6 Å². The smallest absolute Gasteiger partial charge is 0.166 e. The van der Waals surface area contributed by atoms with Crippen LogP contribution in [0.15, 0.2) is 24.3 Å². The van der Waals surface area contributed by atoms with Crippen LogP contribution in [0.1, 0.15) is 43.7 Å². The summed E-state index contributed by atoms with van der Waals surface area (Å²) in [6.07, 6.45) is 4.64. The average Bonchev–Trinajstić information content (AvgIpc) is 3.31. The van der Waals surface area contributed by atoms with Crippen LogP contribution in [0.5, 0.6) is 11.5 Å². The van der Waals surface area contributed by atoms with Gasteiger partial charge in [0.05, 0.1) is 11.0 Å². The molecule has 1 aromatic carbocycles. The van der Waals surface area contributed by atoms with Crippen molar-refractivity contribution in [3.8, 4) is 11.5 Å². The molecule has 1 aromatic rings. The summed E-state index contributed by atoms with van der Waals surface area (Å²) in [6.45, 7) is 7.40. The zero-order valence-corrected chi connectivity index (χ0v) is 15.1. The molecular weight excluding hydrogens is 314 g/mol. The summed E-state index contributed by atoms with van der Waals surface area (Å²) >= 11 is 0. The van der Waals surface area contributed by atoms with E-state index in [1.54, 1.807) is 6.07 Å². The van der Waals surface area contributed by atoms with Gasteiger partial charge in [-0.05, 0) is 69.2 Å². The minimum absolute atomic E-state index is 0.0697. The molecule has 0 amide bonds. The summed E-state index contributed by atoms with van der Waals surface area (Å²) in [6, 6.07) is 3.82. The van der Waals surface area contributed by atoms with Crippen LogP contribution in [-0.4, -0.2) is 46.5 Å². The Balaban J connectivity index is 1.68. The van der Waals surface area contributed by atoms with Crippen LogP contribution in [0.4, 0.5) is 0 Å². The number of phenols is 1. The predicted molar refractivity (Wildman–Crippen MR) is 96.0 cm³/mol. The average molecular weight is 341 g/mol. The van der Waals surface area contributed by atoms with E-state index in [2.05, 4.69) is 25.5 Å². The summed E-state index contributed by atoms with van der Waals surface area (Å²) in [5, 5.41) is 22.4. The molecular formula is C21H27NO3. The zero-order valence-electron chi connectivity index (χ0n) is 15.1. The Morgan fingerprint density at radius 3 is 2.84 bits per heavy atom. The molecule has 0 saturated heterocycles. The third kappa shape index (κ3) is 1.85. The Morgan fingerprint density at radius 1 is 1.36 bits per heavy atom. The van der Waals surface area contributed by atoms with Gasteiger partial charge < -0.3 is 14.9 Å². The van der Waals surface area contributed by atoms with Gasteiger partial charge in [0, 0.05) is 18.2 Å². The van der Waals surface area contributed by atoms with Crippen molar-refractivity contribution in [1.82, 2.24) is 4.90 Å². The zero-order chi connectivity index (χ0) is 17.6. The monoisotopic (exact) mass is 341 g/mol. The largest absolute Gasteiger partial charge is 0.504 e. The number of nitrogens with zero attached hydrogens (tertiary/aromatic N) is 1. The second-order valence-corrected chi connectivity index (χ2v) is 8.83. The van der Waals surface area contributed by atoms with E-state index >= 15 is 0 Å². The van der Waals surface area contributed by atoms with Crippen LogP contribution in [0.2, 0.25) is 0 Å². The summed E-state index contributed by atoms with van der Waals surface area (Å²) in [5.74, 6) is 1.52. The Hall–Kier alpha value is -1.52. The number of likely N-dealkylation sites (N-methyl/N-ethyl adjacent to an activating group) is 1. The van der Waals surface area contributed by atoms with Gasteiger partial charge in [0.15, 0.2) is 11.5 Å². The van der Waals surface area contributed by atoms with Crippen molar-refractivity contribution in [3.05, 3.63) is 35.4 Å². The third-order valence-corrected chi connectivity index (χ3v) is 7.34. The van der Waals surface area contributed by atoms with E-state index in [1.165, 1.54) is 18.4 Å². The first-order valence-corrected chi connectivity index (χ1v) is 9.48. The van der Waals surface area contributed by atoms with Crippen LogP contribution < -0.4 is 4.74 Å². The molecule has 2 saturated carbocycles. The molecule has 2 N–H and O–H groups in total. The molecule has 1 heterocycles. The maximum atomic E-state index is 12.0. The van der Waals surface area contributed by atoms with Crippen molar-refractivity contribution in [3.63, 3.8) is 0 Å². The van der Waals surface area contributed by atoms with Crippen molar-refractivity contribution in [2.45, 2.75) is 62.2 Å². The highest BCUT2D eigenvalue weighted by Crippen LogP contribution is 2.63. The van der Waals surface area contributed by atoms with Gasteiger partial charge in [-0.15, -0.1) is 0 Å². The number of aromatic hydroxyl groups is 1. The molecule has 1 aliphatic heterocycles. The second-order valence-electron chi connectivity index (χ2n) is 8.83. The van der Waals surface area contributed by atoms with E-state index in [0.29, 0.717) is 12.2 Å². The van der Waals surface area contributed by atoms with Crippen LogP contribution in [-0.2, 0) is 11.8 Å². The molecule has 0 spiro atoms. The third-order valence-electron chi connectivity index (χ3n) is 7.34. The van der Waals surface area contributed by atoms with Crippen molar-refractivity contribution in [1.29, 1.82) is 0 Å². The highest BCUT2D eigenvalue weighted by atomic mass is 16.5. The van der Waals surface area contributed by atoms with Gasteiger partial charge in [-0.3, -0.25) is 4.90 Å². The lowest BCUT2D eigenvalue weighted by Gasteiger charge is -2.58. The van der Waals surface area contributed by atoms with Crippen LogP contribution in [0.25, 0.3) is 0 Å². The topological polar surface area (TPSA) is 52.9 Å². The minimum Gasteiger partial charge on any atom is -0.504 e. The first kappa shape index (κ1) is 15.7. The molecule has 5 rings (SSSR count). The van der Waals surface area contributed by atoms with Gasteiger partial charge in [-0.25, -0.2) is 0 Å². The lowest BCUT2D eigenvalue weighted by Crippen LogP contribution is -2.70. The Kier molecular flexibility index (Phi) is 3.02. The standard InChI is InChI=1S/C21H27NO3/c1-12-8-9-21(24)16(22(3)11-13-4-5-13)10-14-6-7-15(23)18-17(14)20(21,2)19(12)25-18/h6-7,13,16,19,23-24H,1,4-5,8-11H2,2-3H3/t16?,19-,20-,21?/m0/s1. The van der Waals surface area contributed by atoms with Gasteiger partial charge in [-0.2, -0.15) is 0 Å². The minimum atomic E-state index is -0.867. The number of benzene rings is 1. The van der Waals surface area contributed by atoms with E-state index in [0.717, 1.165) is 36.4 Å². The quantitative estimate of drug-likeness (QED) is 0.830. The number of ether oxygens (including phenoxy) is 1. The Labute approximate surface area is 149 Å². The van der Waals surface area contributed by atoms with Gasteiger partial charge >= 0.3 is 0 Å². The molecule has 3 aliphatic carbocycles. The maximum absolute atomic E-state index is 12.0. The molecule has 4 heteroatoms. The molecule has 2 fully saturated rings. The normalized spacial score (nSPS) is 38.6. The summed E-state index contributed by atoms with van der Waals surface area (Å²) in [5.41, 5.74) is 1.82. The Morgan fingerprint density at radius 2 is 2.12 bits per heavy atom. The lowest BCUT2D eigenvalue weighted by atomic mass is 9.52. The first-order valence-electron chi connectivity index (χ1n) is 9.48. The fraction of sp³-hybridized carbons (Fsp3) is 0.619. The number of aliphatic hydroxyl groups is 1. The van der Waals surface area contributed by atoms with Gasteiger partial charge in [0.25, 0.3) is 0 Å². The van der Waals surface area contributed by atoms with Crippen molar-refractivity contribution >= 4 is 0 Å². The first-order chi connectivity index (χ1) is 11.9. The van der Waals surface area contributed by atoms with Crippen molar-refractivity contribution in [2.24, 2.45) is 5.92 Å². The Bertz CT molecular complexity index is 771. The molecule has 0 radical (unpaired) electrons. The molecule has 4 aliphatic rings. The van der Waals surface area contributed by atoms with Crippen molar-refractivity contribution < 1.29 is 14.9 Å². The fourth-order valence-electron chi connectivity index (χ4n) is 5.76. The highest BCUT2D eigenvalue weighted by Gasteiger charge is 2.67. The van der Waals surface area contributed by atoms with E-state index < -0.39 is 11.0 Å². The number of hydrogen-bond donors (Lipinski definition) is 2. The maximum Gasteiger partial charge on any atom is 0.166 e. The van der Waals surface area contributed by atoms with E-state index in [4.69, 9.17) is 4.74 Å². The highest BCUT2D eigenvalue weighted by molar-refractivity contribution is 5.62. The molecule has 0 aromatic heterocycles. The van der Waals surface area contributed by atoms with E-state index in [1.807, 2.05) is 6.07 Å². The SMILES string of the molecule is C=C1CCC2(O)C(N(C)CC3CC3)Cc3ccc(O)c4c3[C@@]2(C)[C@H]1O4. The molecule has 134 valence electrons. The van der Waals surface area contributed by atoms with Gasteiger partial charge in [0.1, 0.15) is 6.10 Å². The fourth-order valence-corrected chi connectivity index (χ4v) is 5.76. The van der Waals surface area contributed by atoms with E-state index in [-0.39, 0.29) is 17.9 Å². The predicted octanol–water partition coefficient (Wildman–Crippen LogP) is 2.76. The number of rotatable bonds is 3.